The molecule has 0 fully saturated rings. The highest BCUT2D eigenvalue weighted by Gasteiger charge is 2.06. The van der Waals surface area contributed by atoms with Crippen LogP contribution in [-0.4, -0.2) is 24.2 Å². The van der Waals surface area contributed by atoms with Crippen LogP contribution in [0.4, 0.5) is 0 Å². The quantitative estimate of drug-likeness (QED) is 0.685. The van der Waals surface area contributed by atoms with E-state index in [1.807, 2.05) is 6.92 Å². The molecule has 0 aliphatic carbocycles. The molecule has 76 valence electrons. The fraction of sp³-hybridized carbons (Fsp3) is 0.400. The number of nitrogens with zero attached hydrogens (tertiary/aromatic N) is 1. The van der Waals surface area contributed by atoms with Crippen molar-refractivity contribution in [3.63, 3.8) is 0 Å². The highest BCUT2D eigenvalue weighted by molar-refractivity contribution is 5.89. The van der Waals surface area contributed by atoms with E-state index in [0.717, 1.165) is 0 Å². The van der Waals surface area contributed by atoms with Crippen LogP contribution >= 0.6 is 0 Å². The minimum absolute atomic E-state index is 0.358. The molecule has 0 radical (unpaired) electrons. The Kier molecular flexibility index (Phi) is 3.91. The van der Waals surface area contributed by atoms with Crippen LogP contribution in [-0.2, 0) is 4.74 Å². The molecule has 14 heavy (non-hydrogen) atoms. The lowest BCUT2D eigenvalue weighted by atomic mass is 10.3. The Morgan fingerprint density at radius 3 is 2.64 bits per heavy atom. The molecule has 1 aromatic rings. The Balaban J connectivity index is 2.67. The maximum absolute atomic E-state index is 11.2. The summed E-state index contributed by atoms with van der Waals surface area (Å²) in [6.07, 6.45) is 1.45. The maximum Gasteiger partial charge on any atom is 0.339 e. The minimum Gasteiger partial charge on any atom is -0.478 e. The lowest BCUT2D eigenvalue weighted by molar-refractivity contribution is 0.0526. The zero-order valence-corrected chi connectivity index (χ0v) is 8.32. The third-order valence-corrected chi connectivity index (χ3v) is 1.54. The normalized spacial score (nSPS) is 9.57. The number of ether oxygens (including phenoxy) is 2. The van der Waals surface area contributed by atoms with Gasteiger partial charge < -0.3 is 9.47 Å². The molecule has 1 heterocycles. The van der Waals surface area contributed by atoms with Crippen molar-refractivity contribution in [3.05, 3.63) is 23.9 Å². The average molecular weight is 195 g/mol. The number of hydrogen-bond acceptors (Lipinski definition) is 4. The van der Waals surface area contributed by atoms with Gasteiger partial charge in [0.15, 0.2) is 0 Å². The van der Waals surface area contributed by atoms with Gasteiger partial charge >= 0.3 is 5.97 Å². The predicted octanol–water partition coefficient (Wildman–Crippen LogP) is 1.66. The summed E-state index contributed by atoms with van der Waals surface area (Å²) in [5.41, 5.74) is 0.440. The second-order valence-corrected chi connectivity index (χ2v) is 2.54. The highest BCUT2D eigenvalue weighted by Crippen LogP contribution is 2.08. The van der Waals surface area contributed by atoms with Crippen molar-refractivity contribution in [2.75, 3.05) is 13.2 Å². The lowest BCUT2D eigenvalue weighted by Crippen LogP contribution is -2.05. The van der Waals surface area contributed by atoms with E-state index in [9.17, 15) is 4.79 Å². The van der Waals surface area contributed by atoms with Crippen molar-refractivity contribution in [1.82, 2.24) is 4.98 Å². The highest BCUT2D eigenvalue weighted by atomic mass is 16.5. The topological polar surface area (TPSA) is 48.4 Å². The first-order valence-corrected chi connectivity index (χ1v) is 4.54. The van der Waals surface area contributed by atoms with Gasteiger partial charge in [0.05, 0.1) is 18.8 Å². The number of esters is 1. The summed E-state index contributed by atoms with van der Waals surface area (Å²) >= 11 is 0. The second kappa shape index (κ2) is 5.21. The predicted molar refractivity (Wildman–Crippen MR) is 51.4 cm³/mol. The van der Waals surface area contributed by atoms with Gasteiger partial charge in [-0.05, 0) is 19.9 Å². The fourth-order valence-corrected chi connectivity index (χ4v) is 0.949. The van der Waals surface area contributed by atoms with E-state index in [-0.39, 0.29) is 5.97 Å². The van der Waals surface area contributed by atoms with Gasteiger partial charge in [-0.2, -0.15) is 0 Å². The first kappa shape index (κ1) is 10.5. The third-order valence-electron chi connectivity index (χ3n) is 1.54. The van der Waals surface area contributed by atoms with Crippen molar-refractivity contribution >= 4 is 5.97 Å². The van der Waals surface area contributed by atoms with E-state index >= 15 is 0 Å². The molecule has 0 aromatic carbocycles. The van der Waals surface area contributed by atoms with Gasteiger partial charge in [-0.15, -0.1) is 0 Å². The van der Waals surface area contributed by atoms with E-state index in [1.165, 1.54) is 6.20 Å². The molecule has 4 heteroatoms. The van der Waals surface area contributed by atoms with E-state index in [4.69, 9.17) is 9.47 Å². The van der Waals surface area contributed by atoms with Gasteiger partial charge in [0.25, 0.3) is 0 Å². The zero-order valence-electron chi connectivity index (χ0n) is 8.32. The standard InChI is InChI=1S/C10H13NO3/c1-3-13-9-6-5-8(7-11-9)10(12)14-4-2/h5-7H,3-4H2,1-2H3. The van der Waals surface area contributed by atoms with Gasteiger partial charge in [-0.3, -0.25) is 0 Å². The lowest BCUT2D eigenvalue weighted by Gasteiger charge is -2.03. The molecule has 0 unspecified atom stereocenters. The molecule has 0 N–H and O–H groups in total. The van der Waals surface area contributed by atoms with E-state index in [0.29, 0.717) is 24.7 Å². The number of carbonyl (C=O) groups excluding carboxylic acids is 1. The third kappa shape index (κ3) is 2.73. The smallest absolute Gasteiger partial charge is 0.339 e. The van der Waals surface area contributed by atoms with Gasteiger partial charge in [0.1, 0.15) is 0 Å². The number of carbonyl (C=O) groups is 1. The molecule has 0 spiro atoms. The summed E-state index contributed by atoms with van der Waals surface area (Å²) in [5, 5.41) is 0. The molecule has 0 atom stereocenters. The number of hydrogen-bond donors (Lipinski definition) is 0. The molecule has 0 bridgehead atoms. The monoisotopic (exact) mass is 195 g/mol. The van der Waals surface area contributed by atoms with Gasteiger partial charge in [-0.25, -0.2) is 9.78 Å². The Bertz CT molecular complexity index is 295. The first-order valence-electron chi connectivity index (χ1n) is 4.54. The molecule has 1 aromatic heterocycles. The first-order chi connectivity index (χ1) is 6.77. The largest absolute Gasteiger partial charge is 0.478 e. The Labute approximate surface area is 82.9 Å². The molecular weight excluding hydrogens is 182 g/mol. The van der Waals surface area contributed by atoms with Crippen molar-refractivity contribution in [3.8, 4) is 5.88 Å². The minimum atomic E-state index is -0.358. The molecule has 0 aliphatic rings. The molecule has 4 nitrogen and oxygen atoms in total. The van der Waals surface area contributed by atoms with Crippen molar-refractivity contribution in [1.29, 1.82) is 0 Å². The van der Waals surface area contributed by atoms with Crippen LogP contribution in [0.5, 0.6) is 5.88 Å². The number of pyridine rings is 1. The van der Waals surface area contributed by atoms with Crippen LogP contribution in [0.3, 0.4) is 0 Å². The summed E-state index contributed by atoms with van der Waals surface area (Å²) in [5.74, 6) is 0.156. The number of rotatable bonds is 4. The average Bonchev–Trinajstić information content (AvgIpc) is 2.20. The van der Waals surface area contributed by atoms with E-state index < -0.39 is 0 Å². The molecule has 1 rings (SSSR count). The summed E-state index contributed by atoms with van der Waals surface area (Å²) in [7, 11) is 0. The summed E-state index contributed by atoms with van der Waals surface area (Å²) in [6.45, 7) is 4.57. The molecular formula is C10H13NO3. The van der Waals surface area contributed by atoms with Crippen molar-refractivity contribution in [2.24, 2.45) is 0 Å². The van der Waals surface area contributed by atoms with Crippen molar-refractivity contribution in [2.45, 2.75) is 13.8 Å². The summed E-state index contributed by atoms with van der Waals surface area (Å²) in [6, 6.07) is 3.28. The van der Waals surface area contributed by atoms with Crippen LogP contribution in [0.1, 0.15) is 24.2 Å². The molecule has 0 aliphatic heterocycles. The van der Waals surface area contributed by atoms with Crippen LogP contribution in [0, 0.1) is 0 Å². The summed E-state index contributed by atoms with van der Waals surface area (Å²) < 4.78 is 9.95. The molecule has 0 saturated heterocycles. The van der Waals surface area contributed by atoms with Crippen LogP contribution < -0.4 is 4.74 Å². The van der Waals surface area contributed by atoms with Gasteiger partial charge in [0, 0.05) is 12.3 Å². The zero-order chi connectivity index (χ0) is 10.4. The Hall–Kier alpha value is -1.58. The number of aromatic nitrogens is 1. The fourth-order valence-electron chi connectivity index (χ4n) is 0.949. The maximum atomic E-state index is 11.2. The van der Waals surface area contributed by atoms with E-state index in [2.05, 4.69) is 4.98 Å². The van der Waals surface area contributed by atoms with Gasteiger partial charge in [-0.1, -0.05) is 0 Å². The van der Waals surface area contributed by atoms with Crippen LogP contribution in [0.2, 0.25) is 0 Å². The van der Waals surface area contributed by atoms with Crippen LogP contribution in [0.15, 0.2) is 18.3 Å². The molecule has 0 saturated carbocycles. The molecule has 0 amide bonds. The van der Waals surface area contributed by atoms with E-state index in [1.54, 1.807) is 19.1 Å². The Morgan fingerprint density at radius 1 is 1.36 bits per heavy atom. The Morgan fingerprint density at radius 2 is 2.14 bits per heavy atom. The summed E-state index contributed by atoms with van der Waals surface area (Å²) in [4.78, 5) is 15.2. The SMILES string of the molecule is CCOC(=O)c1ccc(OCC)nc1. The van der Waals surface area contributed by atoms with Crippen molar-refractivity contribution < 1.29 is 14.3 Å². The van der Waals surface area contributed by atoms with Crippen LogP contribution in [0.25, 0.3) is 0 Å². The second-order valence-electron chi connectivity index (χ2n) is 2.54. The van der Waals surface area contributed by atoms with Gasteiger partial charge in [0.2, 0.25) is 5.88 Å².